The summed E-state index contributed by atoms with van der Waals surface area (Å²) in [4.78, 5) is 1.33. The first-order valence-corrected chi connectivity index (χ1v) is 8.51. The second-order valence-electron chi connectivity index (χ2n) is 5.87. The van der Waals surface area contributed by atoms with E-state index in [0.717, 1.165) is 18.7 Å². The van der Waals surface area contributed by atoms with E-state index in [0.29, 0.717) is 17.9 Å². The van der Waals surface area contributed by atoms with E-state index in [1.165, 1.54) is 23.3 Å². The smallest absolute Gasteiger partial charge is 0.0627 e. The lowest BCUT2D eigenvalue weighted by Crippen LogP contribution is -2.19. The Morgan fingerprint density at radius 1 is 1.45 bits per heavy atom. The van der Waals surface area contributed by atoms with Gasteiger partial charge in [-0.25, -0.2) is 0 Å². The van der Waals surface area contributed by atoms with Crippen molar-refractivity contribution in [1.82, 2.24) is 5.32 Å². The summed E-state index contributed by atoms with van der Waals surface area (Å²) in [6.07, 6.45) is 4.33. The molecule has 0 aromatic heterocycles. The van der Waals surface area contributed by atoms with Gasteiger partial charge in [-0.3, -0.25) is 0 Å². The van der Waals surface area contributed by atoms with Crippen molar-refractivity contribution in [3.63, 3.8) is 0 Å². The third kappa shape index (κ3) is 4.26. The molecule has 108 valence electrons. The average molecular weight is 288 g/mol. The highest BCUT2D eigenvalue weighted by Gasteiger charge is 2.42. The molecule has 3 heteroatoms. The zero-order valence-corrected chi connectivity index (χ0v) is 13.3. The highest BCUT2D eigenvalue weighted by molar-refractivity contribution is 7.99. The van der Waals surface area contributed by atoms with E-state index in [1.807, 2.05) is 11.8 Å². The van der Waals surface area contributed by atoms with Gasteiger partial charge in [0, 0.05) is 23.1 Å². The van der Waals surface area contributed by atoms with Gasteiger partial charge in [0.1, 0.15) is 0 Å². The zero-order chi connectivity index (χ0) is 14.4. The molecule has 20 heavy (non-hydrogen) atoms. The van der Waals surface area contributed by atoms with Crippen LogP contribution >= 0.6 is 11.8 Å². The first kappa shape index (κ1) is 15.4. The average Bonchev–Trinajstić information content (AvgIpc) is 3.23. The second-order valence-corrected chi connectivity index (χ2v) is 6.92. The van der Waals surface area contributed by atoms with Crippen molar-refractivity contribution in [3.05, 3.63) is 29.8 Å². The van der Waals surface area contributed by atoms with Gasteiger partial charge >= 0.3 is 0 Å². The second kappa shape index (κ2) is 7.15. The van der Waals surface area contributed by atoms with Crippen LogP contribution < -0.4 is 5.32 Å². The van der Waals surface area contributed by atoms with E-state index in [-0.39, 0.29) is 0 Å². The molecule has 0 saturated heterocycles. The number of thioether (sulfide) groups is 1. The fourth-order valence-electron chi connectivity index (χ4n) is 2.31. The van der Waals surface area contributed by atoms with Gasteiger partial charge in [0.05, 0.1) is 6.07 Å². The SMILES string of the molecule is CCCNC(C)c1cccc(SCC2(CC#N)CC2)c1. The molecule has 0 heterocycles. The minimum Gasteiger partial charge on any atom is -0.310 e. The van der Waals surface area contributed by atoms with Crippen molar-refractivity contribution < 1.29 is 0 Å². The molecule has 1 unspecified atom stereocenters. The van der Waals surface area contributed by atoms with Crippen LogP contribution in [0.15, 0.2) is 29.2 Å². The van der Waals surface area contributed by atoms with Crippen LogP contribution in [0.3, 0.4) is 0 Å². The topological polar surface area (TPSA) is 35.8 Å². The molecule has 1 aromatic carbocycles. The fourth-order valence-corrected chi connectivity index (χ4v) is 3.56. The van der Waals surface area contributed by atoms with Gasteiger partial charge in [-0.05, 0) is 55.8 Å². The number of nitrogens with zero attached hydrogens (tertiary/aromatic N) is 1. The zero-order valence-electron chi connectivity index (χ0n) is 12.5. The summed E-state index contributed by atoms with van der Waals surface area (Å²) in [6, 6.07) is 11.6. The molecular formula is C17H24N2S. The van der Waals surface area contributed by atoms with Crippen LogP contribution in [0.25, 0.3) is 0 Å². The van der Waals surface area contributed by atoms with Crippen LogP contribution in [-0.2, 0) is 0 Å². The third-order valence-electron chi connectivity index (χ3n) is 4.01. The Labute approximate surface area is 127 Å². The van der Waals surface area contributed by atoms with Gasteiger partial charge in [0.25, 0.3) is 0 Å². The molecular weight excluding hydrogens is 264 g/mol. The standard InChI is InChI=1S/C17H24N2S/c1-3-11-19-14(2)15-5-4-6-16(12-15)20-13-17(7-8-17)9-10-18/h4-6,12,14,19H,3,7-9,11,13H2,1-2H3. The Balaban J connectivity index is 1.91. The molecule has 1 aromatic rings. The van der Waals surface area contributed by atoms with E-state index in [1.54, 1.807) is 0 Å². The van der Waals surface area contributed by atoms with Gasteiger partial charge in [-0.2, -0.15) is 5.26 Å². The monoisotopic (exact) mass is 288 g/mol. The Morgan fingerprint density at radius 2 is 2.25 bits per heavy atom. The third-order valence-corrected chi connectivity index (χ3v) is 5.36. The Kier molecular flexibility index (Phi) is 5.51. The summed E-state index contributed by atoms with van der Waals surface area (Å²) >= 11 is 1.91. The predicted molar refractivity (Wildman–Crippen MR) is 85.8 cm³/mol. The van der Waals surface area contributed by atoms with Crippen LogP contribution in [0.1, 0.15) is 51.1 Å². The lowest BCUT2D eigenvalue weighted by molar-refractivity contribution is 0.570. The number of hydrogen-bond acceptors (Lipinski definition) is 3. The Bertz CT molecular complexity index is 474. The van der Waals surface area contributed by atoms with E-state index < -0.39 is 0 Å². The number of hydrogen-bond donors (Lipinski definition) is 1. The normalized spacial score (nSPS) is 17.4. The summed E-state index contributed by atoms with van der Waals surface area (Å²) < 4.78 is 0. The first-order valence-electron chi connectivity index (χ1n) is 7.52. The lowest BCUT2D eigenvalue weighted by atomic mass is 10.1. The van der Waals surface area contributed by atoms with Gasteiger partial charge in [0.2, 0.25) is 0 Å². The van der Waals surface area contributed by atoms with Gasteiger partial charge in [0.15, 0.2) is 0 Å². The van der Waals surface area contributed by atoms with Crippen molar-refractivity contribution in [2.24, 2.45) is 5.41 Å². The molecule has 2 rings (SSSR count). The maximum Gasteiger partial charge on any atom is 0.0627 e. The van der Waals surface area contributed by atoms with Crippen molar-refractivity contribution in [2.45, 2.75) is 50.5 Å². The summed E-state index contributed by atoms with van der Waals surface area (Å²) in [5, 5.41) is 12.4. The van der Waals surface area contributed by atoms with E-state index >= 15 is 0 Å². The highest BCUT2D eigenvalue weighted by atomic mass is 32.2. The van der Waals surface area contributed by atoms with Crippen molar-refractivity contribution in [1.29, 1.82) is 5.26 Å². The number of benzene rings is 1. The van der Waals surface area contributed by atoms with E-state index in [4.69, 9.17) is 5.26 Å². The Hall–Kier alpha value is -0.980. The van der Waals surface area contributed by atoms with Crippen LogP contribution in [0, 0.1) is 16.7 Å². The van der Waals surface area contributed by atoms with Gasteiger partial charge in [-0.1, -0.05) is 19.1 Å². The largest absolute Gasteiger partial charge is 0.310 e. The molecule has 0 amide bonds. The quantitative estimate of drug-likeness (QED) is 0.714. The summed E-state index contributed by atoms with van der Waals surface area (Å²) in [7, 11) is 0. The molecule has 0 bridgehead atoms. The molecule has 0 spiro atoms. The maximum atomic E-state index is 8.87. The summed E-state index contributed by atoms with van der Waals surface area (Å²) in [5.41, 5.74) is 1.68. The first-order chi connectivity index (χ1) is 9.69. The van der Waals surface area contributed by atoms with E-state index in [2.05, 4.69) is 49.5 Å². The van der Waals surface area contributed by atoms with Gasteiger partial charge < -0.3 is 5.32 Å². The van der Waals surface area contributed by atoms with Crippen LogP contribution in [-0.4, -0.2) is 12.3 Å². The minimum absolute atomic E-state index is 0.321. The van der Waals surface area contributed by atoms with Crippen LogP contribution in [0.5, 0.6) is 0 Å². The van der Waals surface area contributed by atoms with Crippen LogP contribution in [0.2, 0.25) is 0 Å². The molecule has 1 aliphatic rings. The molecule has 2 nitrogen and oxygen atoms in total. The highest BCUT2D eigenvalue weighted by Crippen LogP contribution is 2.51. The van der Waals surface area contributed by atoms with Crippen molar-refractivity contribution in [2.75, 3.05) is 12.3 Å². The summed E-state index contributed by atoms with van der Waals surface area (Å²) in [6.45, 7) is 5.47. The summed E-state index contributed by atoms with van der Waals surface area (Å²) in [5.74, 6) is 1.08. The maximum absolute atomic E-state index is 8.87. The minimum atomic E-state index is 0.321. The molecule has 0 radical (unpaired) electrons. The van der Waals surface area contributed by atoms with Crippen molar-refractivity contribution >= 4 is 11.8 Å². The number of rotatable bonds is 8. The van der Waals surface area contributed by atoms with Gasteiger partial charge in [-0.15, -0.1) is 11.8 Å². The Morgan fingerprint density at radius 3 is 2.90 bits per heavy atom. The van der Waals surface area contributed by atoms with E-state index in [9.17, 15) is 0 Å². The molecule has 1 atom stereocenters. The van der Waals surface area contributed by atoms with Crippen molar-refractivity contribution in [3.8, 4) is 6.07 Å². The lowest BCUT2D eigenvalue weighted by Gasteiger charge is -2.15. The number of nitriles is 1. The number of nitrogens with one attached hydrogen (secondary N) is 1. The molecule has 1 fully saturated rings. The molecule has 1 N–H and O–H groups in total. The molecule has 1 aliphatic carbocycles. The van der Waals surface area contributed by atoms with Crippen LogP contribution in [0.4, 0.5) is 0 Å². The molecule has 0 aliphatic heterocycles. The molecule has 1 saturated carbocycles. The predicted octanol–water partition coefficient (Wildman–Crippen LogP) is 4.53. The fraction of sp³-hybridized carbons (Fsp3) is 0.588.